The van der Waals surface area contributed by atoms with Gasteiger partial charge in [-0.05, 0) is 24.6 Å². The summed E-state index contributed by atoms with van der Waals surface area (Å²) >= 11 is 0. The van der Waals surface area contributed by atoms with E-state index >= 15 is 0 Å². The van der Waals surface area contributed by atoms with Gasteiger partial charge in [-0.25, -0.2) is 0 Å². The summed E-state index contributed by atoms with van der Waals surface area (Å²) in [5.74, 6) is 1.59. The summed E-state index contributed by atoms with van der Waals surface area (Å²) in [7, 11) is 0. The summed E-state index contributed by atoms with van der Waals surface area (Å²) in [4.78, 5) is 0. The van der Waals surface area contributed by atoms with Gasteiger partial charge in [-0.2, -0.15) is 5.10 Å². The lowest BCUT2D eigenvalue weighted by atomic mass is 10.2. The van der Waals surface area contributed by atoms with Crippen LogP contribution in [-0.2, 0) is 13.1 Å². The highest BCUT2D eigenvalue weighted by molar-refractivity contribution is 5.27. The predicted octanol–water partition coefficient (Wildman–Crippen LogP) is 1.82. The number of hydrogen-bond acceptors (Lipinski definition) is 4. The van der Waals surface area contributed by atoms with Crippen LogP contribution in [0.1, 0.15) is 12.5 Å². The van der Waals surface area contributed by atoms with Crippen molar-refractivity contribution in [2.24, 2.45) is 5.73 Å². The zero-order chi connectivity index (χ0) is 13.5. The molecule has 0 unspecified atom stereocenters. The van der Waals surface area contributed by atoms with E-state index in [1.54, 1.807) is 6.20 Å². The van der Waals surface area contributed by atoms with Gasteiger partial charge in [0.25, 0.3) is 0 Å². The molecule has 1 aromatic carbocycles. The van der Waals surface area contributed by atoms with Gasteiger partial charge < -0.3 is 15.2 Å². The largest absolute Gasteiger partial charge is 0.490 e. The SMILES string of the molecule is CCn1cc(OCCOc2ccc(CN)cc2)cn1. The third kappa shape index (κ3) is 3.99. The lowest BCUT2D eigenvalue weighted by molar-refractivity contribution is 0.217. The van der Waals surface area contributed by atoms with Gasteiger partial charge in [-0.1, -0.05) is 12.1 Å². The Morgan fingerprint density at radius 1 is 1.11 bits per heavy atom. The molecular weight excluding hydrogens is 242 g/mol. The monoisotopic (exact) mass is 261 g/mol. The number of hydrogen-bond donors (Lipinski definition) is 1. The Morgan fingerprint density at radius 2 is 1.79 bits per heavy atom. The molecule has 0 bridgehead atoms. The summed E-state index contributed by atoms with van der Waals surface area (Å²) in [6.45, 7) is 4.41. The van der Waals surface area contributed by atoms with Gasteiger partial charge in [0.2, 0.25) is 0 Å². The highest BCUT2D eigenvalue weighted by Crippen LogP contribution is 2.12. The first-order valence-electron chi connectivity index (χ1n) is 6.39. The molecule has 1 aromatic heterocycles. The summed E-state index contributed by atoms with van der Waals surface area (Å²) in [6, 6.07) is 7.75. The first-order chi connectivity index (χ1) is 9.31. The van der Waals surface area contributed by atoms with E-state index in [9.17, 15) is 0 Å². The second-order valence-corrected chi connectivity index (χ2v) is 4.08. The Morgan fingerprint density at radius 3 is 2.37 bits per heavy atom. The van der Waals surface area contributed by atoms with Crippen LogP contribution in [0.2, 0.25) is 0 Å². The molecule has 2 aromatic rings. The summed E-state index contributed by atoms with van der Waals surface area (Å²) in [5, 5.41) is 4.13. The zero-order valence-corrected chi connectivity index (χ0v) is 11.1. The fourth-order valence-electron chi connectivity index (χ4n) is 1.63. The number of aryl methyl sites for hydroxylation is 1. The van der Waals surface area contributed by atoms with E-state index < -0.39 is 0 Å². The Labute approximate surface area is 112 Å². The minimum Gasteiger partial charge on any atom is -0.490 e. The fraction of sp³-hybridized carbons (Fsp3) is 0.357. The van der Waals surface area contributed by atoms with Crippen LogP contribution in [0.3, 0.4) is 0 Å². The van der Waals surface area contributed by atoms with Crippen LogP contribution < -0.4 is 15.2 Å². The standard InChI is InChI=1S/C14H19N3O2/c1-2-17-11-14(10-16-17)19-8-7-18-13-5-3-12(9-15)4-6-13/h3-6,10-11H,2,7-9,15H2,1H3. The number of rotatable bonds is 7. The molecule has 2 rings (SSSR count). The van der Waals surface area contributed by atoms with Gasteiger partial charge in [0.05, 0.1) is 12.4 Å². The van der Waals surface area contributed by atoms with E-state index in [-0.39, 0.29) is 0 Å². The highest BCUT2D eigenvalue weighted by Gasteiger charge is 1.99. The Bertz CT molecular complexity index is 494. The molecule has 0 aliphatic heterocycles. The van der Waals surface area contributed by atoms with Crippen molar-refractivity contribution in [1.82, 2.24) is 9.78 Å². The Balaban J connectivity index is 1.71. The molecule has 2 N–H and O–H groups in total. The smallest absolute Gasteiger partial charge is 0.157 e. The molecule has 5 heteroatoms. The number of aromatic nitrogens is 2. The van der Waals surface area contributed by atoms with Crippen molar-refractivity contribution < 1.29 is 9.47 Å². The van der Waals surface area contributed by atoms with Crippen LogP contribution in [-0.4, -0.2) is 23.0 Å². The second kappa shape index (κ2) is 6.80. The highest BCUT2D eigenvalue weighted by atomic mass is 16.5. The molecule has 0 fully saturated rings. The normalized spacial score (nSPS) is 10.4. The predicted molar refractivity (Wildman–Crippen MR) is 73.2 cm³/mol. The lowest BCUT2D eigenvalue weighted by Crippen LogP contribution is -2.08. The molecular formula is C14H19N3O2. The van der Waals surface area contributed by atoms with Gasteiger partial charge in [0, 0.05) is 13.1 Å². The minimum atomic E-state index is 0.494. The van der Waals surface area contributed by atoms with Crippen LogP contribution in [0.15, 0.2) is 36.7 Å². The Kier molecular flexibility index (Phi) is 4.80. The maximum atomic E-state index is 5.57. The van der Waals surface area contributed by atoms with E-state index in [1.165, 1.54) is 0 Å². The van der Waals surface area contributed by atoms with E-state index in [4.69, 9.17) is 15.2 Å². The van der Waals surface area contributed by atoms with Crippen LogP contribution in [0.25, 0.3) is 0 Å². The molecule has 19 heavy (non-hydrogen) atoms. The van der Waals surface area contributed by atoms with Gasteiger partial charge in [-0.15, -0.1) is 0 Å². The summed E-state index contributed by atoms with van der Waals surface area (Å²) < 4.78 is 12.9. The van der Waals surface area contributed by atoms with Crippen molar-refractivity contribution in [3.05, 3.63) is 42.2 Å². The van der Waals surface area contributed by atoms with E-state index in [0.717, 1.165) is 23.6 Å². The zero-order valence-electron chi connectivity index (χ0n) is 11.1. The molecule has 0 amide bonds. The van der Waals surface area contributed by atoms with Crippen molar-refractivity contribution in [3.8, 4) is 11.5 Å². The molecule has 0 spiro atoms. The third-order valence-electron chi connectivity index (χ3n) is 2.71. The van der Waals surface area contributed by atoms with Crippen LogP contribution in [0, 0.1) is 0 Å². The number of benzene rings is 1. The Hall–Kier alpha value is -2.01. The first-order valence-corrected chi connectivity index (χ1v) is 6.39. The topological polar surface area (TPSA) is 62.3 Å². The number of ether oxygens (including phenoxy) is 2. The lowest BCUT2D eigenvalue weighted by Gasteiger charge is -2.07. The maximum Gasteiger partial charge on any atom is 0.157 e. The molecule has 0 saturated carbocycles. The fourth-order valence-corrected chi connectivity index (χ4v) is 1.63. The first kappa shape index (κ1) is 13.4. The molecule has 0 aliphatic carbocycles. The molecule has 1 heterocycles. The van der Waals surface area contributed by atoms with E-state index in [2.05, 4.69) is 5.10 Å². The third-order valence-corrected chi connectivity index (χ3v) is 2.71. The summed E-state index contributed by atoms with van der Waals surface area (Å²) in [5.41, 5.74) is 6.62. The quantitative estimate of drug-likeness (QED) is 0.772. The molecule has 0 saturated heterocycles. The van der Waals surface area contributed by atoms with Gasteiger partial charge in [0.15, 0.2) is 5.75 Å². The van der Waals surface area contributed by atoms with Gasteiger partial charge in [0.1, 0.15) is 19.0 Å². The second-order valence-electron chi connectivity index (χ2n) is 4.08. The molecule has 102 valence electrons. The van der Waals surface area contributed by atoms with Gasteiger partial charge >= 0.3 is 0 Å². The van der Waals surface area contributed by atoms with Crippen LogP contribution in [0.5, 0.6) is 11.5 Å². The maximum absolute atomic E-state index is 5.57. The average Bonchev–Trinajstić information content (AvgIpc) is 2.92. The minimum absolute atomic E-state index is 0.494. The number of nitrogens with two attached hydrogens (primary N) is 1. The molecule has 5 nitrogen and oxygen atoms in total. The van der Waals surface area contributed by atoms with Gasteiger partial charge in [-0.3, -0.25) is 4.68 Å². The van der Waals surface area contributed by atoms with E-state index in [1.807, 2.05) is 42.1 Å². The van der Waals surface area contributed by atoms with Crippen molar-refractivity contribution >= 4 is 0 Å². The van der Waals surface area contributed by atoms with E-state index in [0.29, 0.717) is 19.8 Å². The van der Waals surface area contributed by atoms with Crippen molar-refractivity contribution in [3.63, 3.8) is 0 Å². The van der Waals surface area contributed by atoms with Crippen LogP contribution in [0.4, 0.5) is 0 Å². The number of nitrogens with zero attached hydrogens (tertiary/aromatic N) is 2. The molecule has 0 atom stereocenters. The summed E-state index contributed by atoms with van der Waals surface area (Å²) in [6.07, 6.45) is 3.58. The molecule has 0 radical (unpaired) electrons. The van der Waals surface area contributed by atoms with Crippen LogP contribution >= 0.6 is 0 Å². The van der Waals surface area contributed by atoms with Crippen molar-refractivity contribution in [2.45, 2.75) is 20.0 Å². The average molecular weight is 261 g/mol. The molecule has 0 aliphatic rings. The van der Waals surface area contributed by atoms with Crippen molar-refractivity contribution in [1.29, 1.82) is 0 Å². The van der Waals surface area contributed by atoms with Crippen molar-refractivity contribution in [2.75, 3.05) is 13.2 Å².